The molecule has 0 saturated carbocycles. The zero-order chi connectivity index (χ0) is 22.2. The molecule has 0 bridgehead atoms. The molecule has 2 aromatic carbocycles. The average Bonchev–Trinajstić information content (AvgIpc) is 2.78. The monoisotopic (exact) mass is 422 g/mol. The van der Waals surface area contributed by atoms with E-state index in [2.05, 4.69) is 21.2 Å². The van der Waals surface area contributed by atoms with Crippen LogP contribution in [-0.2, 0) is 17.9 Å². The van der Waals surface area contributed by atoms with Crippen molar-refractivity contribution in [3.05, 3.63) is 70.5 Å². The van der Waals surface area contributed by atoms with Crippen molar-refractivity contribution >= 4 is 28.8 Å². The van der Waals surface area contributed by atoms with E-state index in [1.807, 2.05) is 37.3 Å². The molecular weight excluding hydrogens is 396 g/mol. The van der Waals surface area contributed by atoms with Gasteiger partial charge in [-0.05, 0) is 24.6 Å². The summed E-state index contributed by atoms with van der Waals surface area (Å²) in [4.78, 5) is 42.9. The van der Waals surface area contributed by atoms with Gasteiger partial charge in [0, 0.05) is 33.1 Å². The van der Waals surface area contributed by atoms with Gasteiger partial charge < -0.3 is 10.2 Å². The number of nitrogens with zero attached hydrogens (tertiary/aromatic N) is 3. The van der Waals surface area contributed by atoms with Crippen molar-refractivity contribution in [1.29, 1.82) is 0 Å². The zero-order valence-electron chi connectivity index (χ0n) is 17.6. The Labute approximate surface area is 180 Å². The number of hydrazine groups is 1. The molecule has 0 radical (unpaired) electrons. The molecule has 0 spiro atoms. The highest BCUT2D eigenvalue weighted by atomic mass is 16.2. The third-order valence-corrected chi connectivity index (χ3v) is 4.73. The SMILES string of the molecule is CCn1c(NNC(=O)CCNC(=O)N(C)Cc2ccccc2)nc2ccccc2c1=O. The number of hydrogen-bond acceptors (Lipinski definition) is 5. The Morgan fingerprint density at radius 2 is 1.77 bits per heavy atom. The van der Waals surface area contributed by atoms with Crippen LogP contribution in [0.25, 0.3) is 10.9 Å². The minimum absolute atomic E-state index is 0.0713. The van der Waals surface area contributed by atoms with Gasteiger partial charge in [-0.25, -0.2) is 9.78 Å². The quantitative estimate of drug-likeness (QED) is 0.482. The molecule has 1 heterocycles. The molecule has 0 aliphatic carbocycles. The maximum Gasteiger partial charge on any atom is 0.317 e. The van der Waals surface area contributed by atoms with E-state index in [1.165, 1.54) is 4.57 Å². The van der Waals surface area contributed by atoms with E-state index in [0.717, 1.165) is 5.56 Å². The van der Waals surface area contributed by atoms with Crippen LogP contribution in [0.5, 0.6) is 0 Å². The van der Waals surface area contributed by atoms with Gasteiger partial charge in [-0.15, -0.1) is 0 Å². The van der Waals surface area contributed by atoms with Crippen LogP contribution < -0.4 is 21.7 Å². The first-order valence-corrected chi connectivity index (χ1v) is 10.1. The molecule has 0 fully saturated rings. The normalized spacial score (nSPS) is 10.5. The van der Waals surface area contributed by atoms with Gasteiger partial charge in [0.1, 0.15) is 0 Å². The molecular formula is C22H26N6O3. The number of aromatic nitrogens is 2. The molecule has 0 aliphatic rings. The summed E-state index contributed by atoms with van der Waals surface area (Å²) in [5.41, 5.74) is 6.63. The summed E-state index contributed by atoms with van der Waals surface area (Å²) in [7, 11) is 1.69. The summed E-state index contributed by atoms with van der Waals surface area (Å²) in [6.45, 7) is 2.88. The first kappa shape index (κ1) is 21.8. The number of benzene rings is 2. The predicted octanol–water partition coefficient (Wildman–Crippen LogP) is 2.09. The van der Waals surface area contributed by atoms with E-state index in [-0.39, 0.29) is 36.4 Å². The van der Waals surface area contributed by atoms with Crippen molar-refractivity contribution < 1.29 is 9.59 Å². The highest BCUT2D eigenvalue weighted by Crippen LogP contribution is 2.10. The Bertz CT molecular complexity index is 1110. The molecule has 0 unspecified atom stereocenters. The first-order valence-electron chi connectivity index (χ1n) is 10.1. The summed E-state index contributed by atoms with van der Waals surface area (Å²) in [6, 6.07) is 16.4. The van der Waals surface area contributed by atoms with Gasteiger partial charge in [-0.1, -0.05) is 42.5 Å². The van der Waals surface area contributed by atoms with E-state index >= 15 is 0 Å². The highest BCUT2D eigenvalue weighted by molar-refractivity contribution is 5.80. The second-order valence-electron chi connectivity index (χ2n) is 7.00. The van der Waals surface area contributed by atoms with Crippen LogP contribution in [0, 0.1) is 0 Å². The van der Waals surface area contributed by atoms with Gasteiger partial charge in [-0.2, -0.15) is 0 Å². The summed E-state index contributed by atoms with van der Waals surface area (Å²) in [5, 5.41) is 3.23. The standard InChI is InChI=1S/C22H26N6O3/c1-3-28-20(30)17-11-7-8-12-18(17)24-21(28)26-25-19(29)13-14-23-22(31)27(2)15-16-9-5-4-6-10-16/h4-12H,3,13-15H2,1-2H3,(H,23,31)(H,24,26)(H,25,29). The fourth-order valence-corrected chi connectivity index (χ4v) is 3.09. The fraction of sp³-hybridized carbons (Fsp3) is 0.273. The minimum Gasteiger partial charge on any atom is -0.337 e. The summed E-state index contributed by atoms with van der Waals surface area (Å²) in [6.07, 6.45) is 0.0713. The Kier molecular flexibility index (Phi) is 7.21. The lowest BCUT2D eigenvalue weighted by Crippen LogP contribution is -2.40. The molecule has 0 aliphatic heterocycles. The lowest BCUT2D eigenvalue weighted by Gasteiger charge is -2.18. The third-order valence-electron chi connectivity index (χ3n) is 4.73. The van der Waals surface area contributed by atoms with E-state index in [9.17, 15) is 14.4 Å². The van der Waals surface area contributed by atoms with E-state index < -0.39 is 0 Å². The summed E-state index contributed by atoms with van der Waals surface area (Å²) >= 11 is 0. The minimum atomic E-state index is -0.337. The highest BCUT2D eigenvalue weighted by Gasteiger charge is 2.12. The van der Waals surface area contributed by atoms with Gasteiger partial charge in [0.15, 0.2) is 0 Å². The molecule has 3 aromatic rings. The second kappa shape index (κ2) is 10.2. The van der Waals surface area contributed by atoms with Crippen molar-refractivity contribution in [1.82, 2.24) is 25.2 Å². The number of nitrogens with one attached hydrogen (secondary N) is 3. The summed E-state index contributed by atoms with van der Waals surface area (Å²) in [5.74, 6) is -0.0812. The second-order valence-corrected chi connectivity index (χ2v) is 7.00. The van der Waals surface area contributed by atoms with E-state index in [4.69, 9.17) is 0 Å². The van der Waals surface area contributed by atoms with Crippen LogP contribution in [0.4, 0.5) is 10.7 Å². The van der Waals surface area contributed by atoms with Crippen molar-refractivity contribution in [2.45, 2.75) is 26.4 Å². The van der Waals surface area contributed by atoms with Crippen molar-refractivity contribution in [3.8, 4) is 0 Å². The first-order chi connectivity index (χ1) is 15.0. The number of urea groups is 1. The van der Waals surface area contributed by atoms with Gasteiger partial charge in [0.25, 0.3) is 5.56 Å². The maximum absolute atomic E-state index is 12.6. The van der Waals surface area contributed by atoms with Gasteiger partial charge in [0.05, 0.1) is 10.9 Å². The maximum atomic E-state index is 12.6. The molecule has 3 N–H and O–H groups in total. The number of para-hydroxylation sites is 1. The molecule has 9 heteroatoms. The van der Waals surface area contributed by atoms with Crippen molar-refractivity contribution in [3.63, 3.8) is 0 Å². The van der Waals surface area contributed by atoms with Crippen LogP contribution in [0.3, 0.4) is 0 Å². The zero-order valence-corrected chi connectivity index (χ0v) is 17.6. The lowest BCUT2D eigenvalue weighted by atomic mass is 10.2. The number of rotatable bonds is 8. The van der Waals surface area contributed by atoms with Crippen molar-refractivity contribution in [2.75, 3.05) is 19.0 Å². The Hall–Kier alpha value is -3.88. The van der Waals surface area contributed by atoms with Crippen LogP contribution in [-0.4, -0.2) is 40.0 Å². The van der Waals surface area contributed by atoms with Gasteiger partial charge in [-0.3, -0.25) is 25.0 Å². The van der Waals surface area contributed by atoms with Crippen LogP contribution in [0.15, 0.2) is 59.4 Å². The number of amides is 3. The summed E-state index contributed by atoms with van der Waals surface area (Å²) < 4.78 is 1.45. The molecule has 0 atom stereocenters. The van der Waals surface area contributed by atoms with Crippen molar-refractivity contribution in [2.24, 2.45) is 0 Å². The number of hydrogen-bond donors (Lipinski definition) is 3. The molecule has 3 rings (SSSR count). The Morgan fingerprint density at radius 1 is 1.06 bits per heavy atom. The Morgan fingerprint density at radius 3 is 2.52 bits per heavy atom. The molecule has 3 amide bonds. The Balaban J connectivity index is 1.49. The molecule has 1 aromatic heterocycles. The molecule has 31 heavy (non-hydrogen) atoms. The predicted molar refractivity (Wildman–Crippen MR) is 119 cm³/mol. The topological polar surface area (TPSA) is 108 Å². The fourth-order valence-electron chi connectivity index (χ4n) is 3.09. The van der Waals surface area contributed by atoms with Crippen LogP contribution in [0.1, 0.15) is 18.9 Å². The third kappa shape index (κ3) is 5.59. The largest absolute Gasteiger partial charge is 0.337 e. The van der Waals surface area contributed by atoms with Crippen LogP contribution >= 0.6 is 0 Å². The average molecular weight is 422 g/mol. The van der Waals surface area contributed by atoms with E-state index in [0.29, 0.717) is 24.0 Å². The van der Waals surface area contributed by atoms with Gasteiger partial charge >= 0.3 is 6.03 Å². The number of anilines is 1. The van der Waals surface area contributed by atoms with E-state index in [1.54, 1.807) is 36.2 Å². The number of carbonyl (C=O) groups excluding carboxylic acids is 2. The molecule has 9 nitrogen and oxygen atoms in total. The number of carbonyl (C=O) groups is 2. The number of fused-ring (bicyclic) bond motifs is 1. The van der Waals surface area contributed by atoms with Crippen LogP contribution in [0.2, 0.25) is 0 Å². The molecule has 0 saturated heterocycles. The smallest absolute Gasteiger partial charge is 0.317 e. The lowest BCUT2D eigenvalue weighted by molar-refractivity contribution is -0.120. The van der Waals surface area contributed by atoms with Gasteiger partial charge in [0.2, 0.25) is 11.9 Å². The molecule has 162 valence electrons.